The molecule has 0 heterocycles. The molecule has 0 aliphatic heterocycles. The minimum atomic E-state index is -2.44. The molecule has 0 aliphatic rings. The van der Waals surface area contributed by atoms with Gasteiger partial charge in [0.1, 0.15) is 11.8 Å². The average Bonchev–Trinajstić information content (AvgIpc) is 2.36. The molecule has 2 atom stereocenters. The number of hydrogen-bond acceptors (Lipinski definition) is 8. The topological polar surface area (TPSA) is 127 Å². The Morgan fingerprint density at radius 3 is 1.33 bits per heavy atom. The number of alkyl halides is 2. The molecule has 0 rings (SSSR count). The van der Waals surface area contributed by atoms with Crippen LogP contribution >= 0.6 is 23.2 Å². The predicted molar refractivity (Wildman–Crippen MR) is 55.7 cm³/mol. The van der Waals surface area contributed by atoms with Crippen LogP contribution in [0, 0.1) is 0 Å². The molecule has 18 heavy (non-hydrogen) atoms. The van der Waals surface area contributed by atoms with E-state index in [2.05, 4.69) is 9.47 Å². The van der Waals surface area contributed by atoms with E-state index in [4.69, 9.17) is 33.4 Å². The number of carbonyl (C=O) groups is 4. The zero-order valence-electron chi connectivity index (χ0n) is 8.67. The fourth-order valence-corrected chi connectivity index (χ4v) is 0.788. The van der Waals surface area contributed by atoms with Crippen LogP contribution in [-0.2, 0) is 28.7 Å². The molecule has 0 radical (unpaired) electrons. The van der Waals surface area contributed by atoms with Crippen molar-refractivity contribution in [1.82, 2.24) is 0 Å². The molecule has 0 saturated heterocycles. The Bertz CT molecular complexity index is 321. The lowest BCUT2D eigenvalue weighted by Gasteiger charge is -2.12. The Morgan fingerprint density at radius 1 is 0.833 bits per heavy atom. The SMILES string of the molecule is O=C(CCl)OC(O)C(=O)C(=O)C(O)OC(=O)CCl. The zero-order chi connectivity index (χ0) is 14.3. The van der Waals surface area contributed by atoms with Gasteiger partial charge in [0.15, 0.2) is 0 Å². The molecule has 10 heteroatoms. The maximum Gasteiger partial charge on any atom is 0.323 e. The molecule has 0 aromatic rings. The Labute approximate surface area is 110 Å². The van der Waals surface area contributed by atoms with Gasteiger partial charge in [0, 0.05) is 0 Å². The van der Waals surface area contributed by atoms with Crippen LogP contribution in [0.1, 0.15) is 0 Å². The molecule has 0 aromatic heterocycles. The number of rotatable bonds is 7. The van der Waals surface area contributed by atoms with E-state index in [1.54, 1.807) is 0 Å². The number of Topliss-reactive ketones (excluding diaryl/α,β-unsaturated/α-hetero) is 2. The molecule has 102 valence electrons. The molecule has 0 saturated carbocycles. The molecule has 0 amide bonds. The molecule has 0 aromatic carbocycles. The van der Waals surface area contributed by atoms with Crippen LogP contribution in [0.2, 0.25) is 0 Å². The number of hydrogen-bond donors (Lipinski definition) is 2. The Morgan fingerprint density at radius 2 is 1.11 bits per heavy atom. The van der Waals surface area contributed by atoms with Gasteiger partial charge in [0.05, 0.1) is 0 Å². The van der Waals surface area contributed by atoms with Gasteiger partial charge in [-0.2, -0.15) is 0 Å². The summed E-state index contributed by atoms with van der Waals surface area (Å²) >= 11 is 10.0. The van der Waals surface area contributed by atoms with Gasteiger partial charge in [0.25, 0.3) is 24.1 Å². The summed E-state index contributed by atoms with van der Waals surface area (Å²) in [4.78, 5) is 43.4. The zero-order valence-corrected chi connectivity index (χ0v) is 10.2. The van der Waals surface area contributed by atoms with Crippen molar-refractivity contribution in [2.45, 2.75) is 12.6 Å². The maximum absolute atomic E-state index is 11.1. The van der Waals surface area contributed by atoms with Gasteiger partial charge < -0.3 is 19.7 Å². The van der Waals surface area contributed by atoms with E-state index in [-0.39, 0.29) is 0 Å². The lowest BCUT2D eigenvalue weighted by atomic mass is 10.2. The van der Waals surface area contributed by atoms with E-state index in [0.717, 1.165) is 0 Å². The minimum absolute atomic E-state index is 0.650. The summed E-state index contributed by atoms with van der Waals surface area (Å²) in [5.74, 6) is -6.97. The summed E-state index contributed by atoms with van der Waals surface area (Å²) in [5.41, 5.74) is 0. The van der Waals surface area contributed by atoms with Crippen molar-refractivity contribution in [3.05, 3.63) is 0 Å². The third-order valence-electron chi connectivity index (χ3n) is 1.40. The Balaban J connectivity index is 4.45. The van der Waals surface area contributed by atoms with E-state index < -0.39 is 47.8 Å². The van der Waals surface area contributed by atoms with Gasteiger partial charge in [-0.05, 0) is 0 Å². The number of esters is 2. The first-order chi connectivity index (χ1) is 8.33. The fourth-order valence-electron chi connectivity index (χ4n) is 0.662. The van der Waals surface area contributed by atoms with Crippen molar-refractivity contribution in [3.63, 3.8) is 0 Å². The van der Waals surface area contributed by atoms with Crippen molar-refractivity contribution in [2.75, 3.05) is 11.8 Å². The summed E-state index contributed by atoms with van der Waals surface area (Å²) < 4.78 is 8.00. The van der Waals surface area contributed by atoms with Crippen LogP contribution in [0.4, 0.5) is 0 Å². The normalized spacial score (nSPS) is 13.3. The Hall–Kier alpha value is -1.22. The van der Waals surface area contributed by atoms with E-state index in [1.807, 2.05) is 0 Å². The van der Waals surface area contributed by atoms with Crippen molar-refractivity contribution in [2.24, 2.45) is 0 Å². The number of halogens is 2. The van der Waals surface area contributed by atoms with Crippen LogP contribution in [0.15, 0.2) is 0 Å². The van der Waals surface area contributed by atoms with Crippen LogP contribution in [0.25, 0.3) is 0 Å². The van der Waals surface area contributed by atoms with Gasteiger partial charge in [-0.1, -0.05) is 0 Å². The molecule has 8 nitrogen and oxygen atoms in total. The number of aliphatic hydroxyl groups is 2. The molecule has 0 aliphatic carbocycles. The van der Waals surface area contributed by atoms with Gasteiger partial charge >= 0.3 is 11.9 Å². The molecular formula is C8H8Cl2O8. The largest absolute Gasteiger partial charge is 0.427 e. The first kappa shape index (κ1) is 16.8. The van der Waals surface area contributed by atoms with Crippen LogP contribution in [-0.4, -0.2) is 58.1 Å². The predicted octanol–water partition coefficient (Wildman–Crippen LogP) is -1.67. The van der Waals surface area contributed by atoms with Crippen LogP contribution in [0.3, 0.4) is 0 Å². The number of aliphatic hydroxyl groups excluding tert-OH is 2. The second kappa shape index (κ2) is 7.98. The first-order valence-electron chi connectivity index (χ1n) is 4.28. The molecular weight excluding hydrogens is 295 g/mol. The van der Waals surface area contributed by atoms with Crippen molar-refractivity contribution in [1.29, 1.82) is 0 Å². The van der Waals surface area contributed by atoms with Crippen molar-refractivity contribution in [3.8, 4) is 0 Å². The lowest BCUT2D eigenvalue weighted by molar-refractivity contribution is -0.185. The third kappa shape index (κ3) is 5.41. The second-order valence-corrected chi connectivity index (χ2v) is 3.21. The summed E-state index contributed by atoms with van der Waals surface area (Å²) in [5, 5.41) is 18.0. The van der Waals surface area contributed by atoms with E-state index in [0.29, 0.717) is 0 Å². The third-order valence-corrected chi connectivity index (χ3v) is 1.83. The fraction of sp³-hybridized carbons (Fsp3) is 0.500. The first-order valence-corrected chi connectivity index (χ1v) is 5.35. The highest BCUT2D eigenvalue weighted by atomic mass is 35.5. The van der Waals surface area contributed by atoms with Crippen molar-refractivity contribution >= 4 is 46.7 Å². The van der Waals surface area contributed by atoms with Crippen LogP contribution < -0.4 is 0 Å². The van der Waals surface area contributed by atoms with E-state index in [9.17, 15) is 19.2 Å². The Kier molecular flexibility index (Phi) is 7.44. The molecule has 0 fully saturated rings. The standard InChI is InChI=1S/C8H8Cl2O8/c9-1-3(11)17-7(15)5(13)6(14)8(16)18-4(12)2-10/h7-8,15-16H,1-2H2. The highest BCUT2D eigenvalue weighted by Crippen LogP contribution is 1.99. The number of carbonyl (C=O) groups excluding carboxylic acids is 4. The number of ether oxygens (including phenoxy) is 2. The van der Waals surface area contributed by atoms with Gasteiger partial charge in [-0.15, -0.1) is 23.2 Å². The second-order valence-electron chi connectivity index (χ2n) is 2.68. The monoisotopic (exact) mass is 302 g/mol. The maximum atomic E-state index is 11.1. The van der Waals surface area contributed by atoms with Gasteiger partial charge in [-0.3, -0.25) is 19.2 Å². The molecule has 2 unspecified atom stereocenters. The highest BCUT2D eigenvalue weighted by molar-refractivity contribution is 6.40. The molecule has 2 N–H and O–H groups in total. The van der Waals surface area contributed by atoms with Crippen LogP contribution in [0.5, 0.6) is 0 Å². The lowest BCUT2D eigenvalue weighted by Crippen LogP contribution is -2.40. The van der Waals surface area contributed by atoms with E-state index >= 15 is 0 Å². The van der Waals surface area contributed by atoms with Crippen molar-refractivity contribution < 1.29 is 38.9 Å². The molecule has 0 bridgehead atoms. The summed E-state index contributed by atoms with van der Waals surface area (Å²) in [6.45, 7) is 0. The quantitative estimate of drug-likeness (QED) is 0.247. The molecule has 0 spiro atoms. The summed E-state index contributed by atoms with van der Waals surface area (Å²) in [6.07, 6.45) is -4.87. The van der Waals surface area contributed by atoms with Gasteiger partial charge in [0.2, 0.25) is 0 Å². The average molecular weight is 303 g/mol. The summed E-state index contributed by atoms with van der Waals surface area (Å²) in [7, 11) is 0. The smallest absolute Gasteiger partial charge is 0.323 e. The summed E-state index contributed by atoms with van der Waals surface area (Å²) in [6, 6.07) is 0. The number of ketones is 2. The van der Waals surface area contributed by atoms with Gasteiger partial charge in [-0.25, -0.2) is 0 Å². The minimum Gasteiger partial charge on any atom is -0.427 e. The van der Waals surface area contributed by atoms with E-state index in [1.165, 1.54) is 0 Å². The highest BCUT2D eigenvalue weighted by Gasteiger charge is 2.33.